The lowest BCUT2D eigenvalue weighted by molar-refractivity contribution is 0.309. The first-order valence-electron chi connectivity index (χ1n) is 11.7. The molecule has 0 amide bonds. The van der Waals surface area contributed by atoms with E-state index >= 15 is 0 Å². The molecule has 1 unspecified atom stereocenters. The molecule has 3 heterocycles. The molecular formula is C25H28N6O3S. The monoisotopic (exact) mass is 492 g/mol. The predicted octanol–water partition coefficient (Wildman–Crippen LogP) is 2.89. The molecule has 2 aromatic heterocycles. The van der Waals surface area contributed by atoms with Crippen LogP contribution in [0.1, 0.15) is 46.8 Å². The Balaban J connectivity index is 1.43. The molecule has 0 aliphatic carbocycles. The van der Waals surface area contributed by atoms with E-state index in [1.807, 2.05) is 44.2 Å². The molecule has 1 saturated heterocycles. The van der Waals surface area contributed by atoms with Gasteiger partial charge in [0.1, 0.15) is 5.82 Å². The number of aryl methyl sites for hydroxylation is 2. The van der Waals surface area contributed by atoms with E-state index < -0.39 is 10.0 Å². The van der Waals surface area contributed by atoms with Gasteiger partial charge in [-0.3, -0.25) is 4.79 Å². The maximum Gasteiger partial charge on any atom is 0.281 e. The van der Waals surface area contributed by atoms with Crippen molar-refractivity contribution in [1.82, 2.24) is 29.3 Å². The summed E-state index contributed by atoms with van der Waals surface area (Å²) in [6, 6.07) is 15.4. The van der Waals surface area contributed by atoms with Gasteiger partial charge < -0.3 is 4.98 Å². The van der Waals surface area contributed by atoms with E-state index in [2.05, 4.69) is 33.5 Å². The number of sulfonamides is 1. The molecule has 1 aliphatic rings. The van der Waals surface area contributed by atoms with Crippen LogP contribution in [0.5, 0.6) is 0 Å². The van der Waals surface area contributed by atoms with Crippen molar-refractivity contribution in [2.45, 2.75) is 44.9 Å². The van der Waals surface area contributed by atoms with Crippen LogP contribution in [0.2, 0.25) is 0 Å². The SMILES string of the molecule is Cc1ccc(C)c(Cn2nnc3c(=O)[nH]c(C4CCCN(S(=O)(=O)Cc5ccccc5)C4)nc32)c1. The van der Waals surface area contributed by atoms with Gasteiger partial charge in [0, 0.05) is 19.0 Å². The number of aromatic amines is 1. The Hall–Kier alpha value is -3.37. The second kappa shape index (κ2) is 9.35. The highest BCUT2D eigenvalue weighted by Crippen LogP contribution is 2.27. The van der Waals surface area contributed by atoms with E-state index in [-0.39, 0.29) is 29.3 Å². The zero-order chi connectivity index (χ0) is 24.6. The van der Waals surface area contributed by atoms with Crippen molar-refractivity contribution in [3.05, 3.63) is 87.0 Å². The number of benzene rings is 2. The van der Waals surface area contributed by atoms with E-state index in [1.165, 1.54) is 4.31 Å². The Morgan fingerprint density at radius 3 is 2.71 bits per heavy atom. The van der Waals surface area contributed by atoms with E-state index in [0.29, 0.717) is 31.0 Å². The minimum absolute atomic E-state index is 0.0456. The lowest BCUT2D eigenvalue weighted by Crippen LogP contribution is -2.40. The van der Waals surface area contributed by atoms with Gasteiger partial charge in [-0.25, -0.2) is 22.4 Å². The summed E-state index contributed by atoms with van der Waals surface area (Å²) < 4.78 is 29.4. The van der Waals surface area contributed by atoms with Crippen LogP contribution in [-0.2, 0) is 22.3 Å². The minimum Gasteiger partial charge on any atom is -0.308 e. The number of fused-ring (bicyclic) bond motifs is 1. The largest absolute Gasteiger partial charge is 0.308 e. The van der Waals surface area contributed by atoms with E-state index in [1.54, 1.807) is 4.68 Å². The van der Waals surface area contributed by atoms with Gasteiger partial charge in [0.2, 0.25) is 10.0 Å². The first-order valence-corrected chi connectivity index (χ1v) is 13.3. The van der Waals surface area contributed by atoms with Crippen molar-refractivity contribution in [2.75, 3.05) is 13.1 Å². The quantitative estimate of drug-likeness (QED) is 0.443. The molecule has 9 nitrogen and oxygen atoms in total. The fourth-order valence-electron chi connectivity index (χ4n) is 4.61. The summed E-state index contributed by atoms with van der Waals surface area (Å²) in [6.07, 6.45) is 1.44. The lowest BCUT2D eigenvalue weighted by Gasteiger charge is -2.31. The van der Waals surface area contributed by atoms with Crippen LogP contribution in [0.4, 0.5) is 0 Å². The highest BCUT2D eigenvalue weighted by atomic mass is 32.2. The first kappa shape index (κ1) is 23.4. The van der Waals surface area contributed by atoms with Crippen molar-refractivity contribution in [2.24, 2.45) is 0 Å². The summed E-state index contributed by atoms with van der Waals surface area (Å²) >= 11 is 0. The summed E-state index contributed by atoms with van der Waals surface area (Å²) in [5.41, 5.74) is 4.33. The number of rotatable bonds is 6. The molecular weight excluding hydrogens is 464 g/mol. The normalized spacial score (nSPS) is 17.1. The van der Waals surface area contributed by atoms with Crippen molar-refractivity contribution >= 4 is 21.2 Å². The van der Waals surface area contributed by atoms with Crippen molar-refractivity contribution in [1.29, 1.82) is 0 Å². The molecule has 0 bridgehead atoms. The molecule has 0 spiro atoms. The molecule has 35 heavy (non-hydrogen) atoms. The molecule has 0 radical (unpaired) electrons. The van der Waals surface area contributed by atoms with Crippen molar-refractivity contribution in [3.63, 3.8) is 0 Å². The molecule has 1 fully saturated rings. The van der Waals surface area contributed by atoms with Gasteiger partial charge in [0.15, 0.2) is 11.2 Å². The van der Waals surface area contributed by atoms with Gasteiger partial charge in [-0.2, -0.15) is 0 Å². The zero-order valence-electron chi connectivity index (χ0n) is 19.8. The minimum atomic E-state index is -3.49. The Morgan fingerprint density at radius 1 is 1.11 bits per heavy atom. The number of hydrogen-bond donors (Lipinski definition) is 1. The van der Waals surface area contributed by atoms with Gasteiger partial charge >= 0.3 is 0 Å². The van der Waals surface area contributed by atoms with E-state index in [0.717, 1.165) is 28.7 Å². The van der Waals surface area contributed by atoms with E-state index in [9.17, 15) is 13.2 Å². The molecule has 1 aliphatic heterocycles. The Kier molecular flexibility index (Phi) is 6.24. The van der Waals surface area contributed by atoms with Crippen LogP contribution in [0, 0.1) is 13.8 Å². The first-order chi connectivity index (χ1) is 16.8. The Bertz CT molecular complexity index is 1530. The molecule has 182 valence electrons. The molecule has 2 aromatic carbocycles. The third-order valence-electron chi connectivity index (χ3n) is 6.57. The summed E-state index contributed by atoms with van der Waals surface area (Å²) in [5, 5.41) is 8.24. The van der Waals surface area contributed by atoms with Crippen molar-refractivity contribution < 1.29 is 8.42 Å². The fourth-order valence-corrected chi connectivity index (χ4v) is 6.22. The molecule has 4 aromatic rings. The topological polar surface area (TPSA) is 114 Å². The summed E-state index contributed by atoms with van der Waals surface area (Å²) in [7, 11) is -3.49. The smallest absolute Gasteiger partial charge is 0.281 e. The van der Waals surface area contributed by atoms with Gasteiger partial charge in [0.05, 0.1) is 12.3 Å². The highest BCUT2D eigenvalue weighted by molar-refractivity contribution is 7.88. The van der Waals surface area contributed by atoms with Crippen LogP contribution in [0.15, 0.2) is 53.3 Å². The van der Waals surface area contributed by atoms with Gasteiger partial charge in [-0.15, -0.1) is 5.10 Å². The van der Waals surface area contributed by atoms with Gasteiger partial charge in [-0.05, 0) is 43.4 Å². The fraction of sp³-hybridized carbons (Fsp3) is 0.360. The summed E-state index contributed by atoms with van der Waals surface area (Å²) in [4.78, 5) is 20.4. The van der Waals surface area contributed by atoms with Crippen LogP contribution in [-0.4, -0.2) is 50.8 Å². The molecule has 5 rings (SSSR count). The van der Waals surface area contributed by atoms with Crippen LogP contribution >= 0.6 is 0 Å². The second-order valence-corrected chi connectivity index (χ2v) is 11.2. The number of H-pyrrole nitrogens is 1. The van der Waals surface area contributed by atoms with Crippen molar-refractivity contribution in [3.8, 4) is 0 Å². The van der Waals surface area contributed by atoms with Gasteiger partial charge in [-0.1, -0.05) is 59.3 Å². The van der Waals surface area contributed by atoms with Crippen LogP contribution in [0.3, 0.4) is 0 Å². The van der Waals surface area contributed by atoms with Crippen LogP contribution < -0.4 is 5.56 Å². The molecule has 1 atom stereocenters. The predicted molar refractivity (Wildman–Crippen MR) is 134 cm³/mol. The third-order valence-corrected chi connectivity index (χ3v) is 8.39. The number of piperidine rings is 1. The van der Waals surface area contributed by atoms with E-state index in [4.69, 9.17) is 4.98 Å². The lowest BCUT2D eigenvalue weighted by atomic mass is 9.99. The average Bonchev–Trinajstić information content (AvgIpc) is 3.25. The summed E-state index contributed by atoms with van der Waals surface area (Å²) in [5.74, 6) is 0.220. The molecule has 1 N–H and O–H groups in total. The Labute approximate surface area is 203 Å². The molecule has 0 saturated carbocycles. The maximum absolute atomic E-state index is 13.1. The molecule has 10 heteroatoms. The van der Waals surface area contributed by atoms with Crippen LogP contribution in [0.25, 0.3) is 11.2 Å². The number of aromatic nitrogens is 5. The highest BCUT2D eigenvalue weighted by Gasteiger charge is 2.31. The maximum atomic E-state index is 13.1. The second-order valence-electron chi connectivity index (χ2n) is 9.24. The van der Waals surface area contributed by atoms with Gasteiger partial charge in [0.25, 0.3) is 5.56 Å². The standard InChI is InChI=1S/C25H28N6O3S/c1-17-10-11-18(2)21(13-17)15-31-24-22(28-29-31)25(32)27-23(26-24)20-9-6-12-30(14-20)35(33,34)16-19-7-4-3-5-8-19/h3-5,7-8,10-11,13,20H,6,9,12,14-16H2,1-2H3,(H,26,27,32). The summed E-state index contributed by atoms with van der Waals surface area (Å²) in [6.45, 7) is 5.25. The third kappa shape index (κ3) is 4.89. The zero-order valence-corrected chi connectivity index (χ0v) is 20.6. The average molecular weight is 493 g/mol. The Morgan fingerprint density at radius 2 is 1.91 bits per heavy atom. The number of hydrogen-bond acceptors (Lipinski definition) is 6. The number of nitrogens with one attached hydrogen (secondary N) is 1. The number of nitrogens with zero attached hydrogens (tertiary/aromatic N) is 5.